The maximum absolute atomic E-state index is 12.5. The van der Waals surface area contributed by atoms with E-state index in [-0.39, 0.29) is 13.2 Å². The van der Waals surface area contributed by atoms with Gasteiger partial charge in [0.2, 0.25) is 0 Å². The summed E-state index contributed by atoms with van der Waals surface area (Å²) in [6.45, 7) is 1.83. The van der Waals surface area contributed by atoms with Crippen LogP contribution >= 0.6 is 0 Å². The lowest BCUT2D eigenvalue weighted by Gasteiger charge is -2.22. The number of aliphatic hydroxyl groups is 1. The lowest BCUT2D eigenvalue weighted by Crippen LogP contribution is -2.49. The first-order valence-electron chi connectivity index (χ1n) is 5.96. The number of alkyl halides is 2. The number of hydrogen-bond acceptors (Lipinski definition) is 4. The lowest BCUT2D eigenvalue weighted by molar-refractivity contribution is -0.152. The molecule has 2 unspecified atom stereocenters. The molecule has 0 fully saturated rings. The summed E-state index contributed by atoms with van der Waals surface area (Å²) in [7, 11) is 0. The highest BCUT2D eigenvalue weighted by Gasteiger charge is 2.34. The van der Waals surface area contributed by atoms with Crippen molar-refractivity contribution in [2.75, 3.05) is 6.61 Å². The molecule has 0 saturated carbocycles. The third-order valence-electron chi connectivity index (χ3n) is 2.51. The Morgan fingerprint density at radius 3 is 2.53 bits per heavy atom. The second kappa shape index (κ2) is 7.81. The molecule has 0 amide bonds. The van der Waals surface area contributed by atoms with Crippen LogP contribution in [0.1, 0.15) is 12.5 Å². The van der Waals surface area contributed by atoms with Gasteiger partial charge in [-0.15, -0.1) is 0 Å². The molecule has 1 rings (SSSR count). The van der Waals surface area contributed by atoms with E-state index in [1.165, 1.54) is 0 Å². The van der Waals surface area contributed by atoms with Gasteiger partial charge in [-0.2, -0.15) is 0 Å². The van der Waals surface area contributed by atoms with E-state index >= 15 is 0 Å². The third kappa shape index (κ3) is 4.92. The van der Waals surface area contributed by atoms with Gasteiger partial charge in [0.25, 0.3) is 6.43 Å². The van der Waals surface area contributed by atoms with Gasteiger partial charge in [0.1, 0.15) is 12.1 Å². The summed E-state index contributed by atoms with van der Waals surface area (Å²) in [6, 6.07) is 7.52. The predicted molar refractivity (Wildman–Crippen MR) is 65.7 cm³/mol. The molecule has 19 heavy (non-hydrogen) atoms. The predicted octanol–water partition coefficient (Wildman–Crippen LogP) is 1.33. The average molecular weight is 273 g/mol. The van der Waals surface area contributed by atoms with E-state index in [0.29, 0.717) is 0 Å². The van der Waals surface area contributed by atoms with Crippen molar-refractivity contribution in [1.29, 1.82) is 0 Å². The number of carbonyl (C=O) groups is 1. The molecule has 0 saturated heterocycles. The van der Waals surface area contributed by atoms with Crippen LogP contribution in [0, 0.1) is 0 Å². The SMILES string of the molecule is CCOC(=O)C(NCc1ccccc1)C(O)C(F)F. The Labute approximate surface area is 110 Å². The molecule has 4 nitrogen and oxygen atoms in total. The number of aliphatic hydroxyl groups excluding tert-OH is 1. The fourth-order valence-electron chi connectivity index (χ4n) is 1.54. The Morgan fingerprint density at radius 2 is 2.00 bits per heavy atom. The van der Waals surface area contributed by atoms with Crippen LogP contribution in [0.25, 0.3) is 0 Å². The van der Waals surface area contributed by atoms with Crippen LogP contribution in [0.2, 0.25) is 0 Å². The monoisotopic (exact) mass is 273 g/mol. The molecule has 2 atom stereocenters. The first kappa shape index (κ1) is 15.5. The zero-order valence-corrected chi connectivity index (χ0v) is 10.6. The summed E-state index contributed by atoms with van der Waals surface area (Å²) in [5, 5.41) is 11.9. The van der Waals surface area contributed by atoms with Gasteiger partial charge in [-0.1, -0.05) is 30.3 Å². The third-order valence-corrected chi connectivity index (χ3v) is 2.51. The summed E-state index contributed by atoms with van der Waals surface area (Å²) in [5.74, 6) is -0.883. The molecule has 0 heterocycles. The summed E-state index contributed by atoms with van der Waals surface area (Å²) < 4.78 is 29.7. The Balaban J connectivity index is 2.66. The fraction of sp³-hybridized carbons (Fsp3) is 0.462. The van der Waals surface area contributed by atoms with Crippen molar-refractivity contribution in [3.8, 4) is 0 Å². The van der Waals surface area contributed by atoms with E-state index in [0.717, 1.165) is 5.56 Å². The molecule has 0 aliphatic carbocycles. The van der Waals surface area contributed by atoms with E-state index in [4.69, 9.17) is 0 Å². The molecule has 106 valence electrons. The van der Waals surface area contributed by atoms with Crippen molar-refractivity contribution in [1.82, 2.24) is 5.32 Å². The van der Waals surface area contributed by atoms with Crippen LogP contribution in [0.15, 0.2) is 30.3 Å². The molecule has 1 aromatic rings. The first-order valence-corrected chi connectivity index (χ1v) is 5.96. The Kier molecular flexibility index (Phi) is 6.38. The van der Waals surface area contributed by atoms with Crippen molar-refractivity contribution in [3.63, 3.8) is 0 Å². The van der Waals surface area contributed by atoms with Gasteiger partial charge in [0.15, 0.2) is 0 Å². The van der Waals surface area contributed by atoms with Gasteiger partial charge in [-0.25, -0.2) is 8.78 Å². The molecule has 0 spiro atoms. The maximum atomic E-state index is 12.5. The Hall–Kier alpha value is -1.53. The summed E-state index contributed by atoms with van der Waals surface area (Å²) in [4.78, 5) is 11.5. The first-order chi connectivity index (χ1) is 9.06. The number of esters is 1. The lowest BCUT2D eigenvalue weighted by atomic mass is 10.1. The molecule has 0 aliphatic rings. The van der Waals surface area contributed by atoms with Crippen LogP contribution in [-0.4, -0.2) is 36.3 Å². The zero-order chi connectivity index (χ0) is 14.3. The van der Waals surface area contributed by atoms with Crippen LogP contribution in [0.5, 0.6) is 0 Å². The smallest absolute Gasteiger partial charge is 0.326 e. The molecule has 6 heteroatoms. The molecular formula is C13H17F2NO3. The molecule has 0 aromatic heterocycles. The summed E-state index contributed by atoms with van der Waals surface area (Å²) in [5.41, 5.74) is 0.818. The van der Waals surface area contributed by atoms with Crippen molar-refractivity contribution >= 4 is 5.97 Å². The van der Waals surface area contributed by atoms with Crippen LogP contribution in [-0.2, 0) is 16.1 Å². The van der Waals surface area contributed by atoms with Crippen LogP contribution in [0.3, 0.4) is 0 Å². The van der Waals surface area contributed by atoms with Crippen LogP contribution in [0.4, 0.5) is 8.78 Å². The number of halogens is 2. The Bertz CT molecular complexity index is 387. The topological polar surface area (TPSA) is 58.6 Å². The summed E-state index contributed by atoms with van der Waals surface area (Å²) in [6.07, 6.45) is -5.11. The molecule has 1 aromatic carbocycles. The number of benzene rings is 1. The Morgan fingerprint density at radius 1 is 1.37 bits per heavy atom. The van der Waals surface area contributed by atoms with E-state index in [1.807, 2.05) is 6.07 Å². The maximum Gasteiger partial charge on any atom is 0.326 e. The normalized spacial score (nSPS) is 14.2. The highest BCUT2D eigenvalue weighted by atomic mass is 19.3. The van der Waals surface area contributed by atoms with Crippen LogP contribution < -0.4 is 5.32 Å². The minimum absolute atomic E-state index is 0.0678. The van der Waals surface area contributed by atoms with Gasteiger partial charge >= 0.3 is 5.97 Å². The van der Waals surface area contributed by atoms with Crippen molar-refractivity contribution in [2.45, 2.75) is 32.0 Å². The van der Waals surface area contributed by atoms with E-state index in [1.54, 1.807) is 31.2 Å². The average Bonchev–Trinajstić information content (AvgIpc) is 2.40. The molecular weight excluding hydrogens is 256 g/mol. The fourth-order valence-corrected chi connectivity index (χ4v) is 1.54. The minimum atomic E-state index is -3.02. The molecule has 0 bridgehead atoms. The number of rotatable bonds is 7. The van der Waals surface area contributed by atoms with Gasteiger partial charge in [-0.05, 0) is 12.5 Å². The number of ether oxygens (including phenoxy) is 1. The highest BCUT2D eigenvalue weighted by Crippen LogP contribution is 2.09. The standard InChI is InChI=1S/C13H17F2NO3/c1-2-19-13(18)10(11(17)12(14)15)16-8-9-6-4-3-5-7-9/h3-7,10-12,16-17H,2,8H2,1H3. The van der Waals surface area contributed by atoms with Crippen molar-refractivity contribution < 1.29 is 23.4 Å². The van der Waals surface area contributed by atoms with Gasteiger partial charge in [0, 0.05) is 6.54 Å². The van der Waals surface area contributed by atoms with E-state index in [2.05, 4.69) is 10.1 Å². The molecule has 0 radical (unpaired) electrons. The second-order valence-electron chi connectivity index (χ2n) is 3.92. The van der Waals surface area contributed by atoms with Crippen molar-refractivity contribution in [2.24, 2.45) is 0 Å². The van der Waals surface area contributed by atoms with E-state index < -0.39 is 24.5 Å². The van der Waals surface area contributed by atoms with Gasteiger partial charge in [0.05, 0.1) is 6.61 Å². The molecule has 2 N–H and O–H groups in total. The highest BCUT2D eigenvalue weighted by molar-refractivity contribution is 5.76. The second-order valence-corrected chi connectivity index (χ2v) is 3.92. The van der Waals surface area contributed by atoms with E-state index in [9.17, 15) is 18.7 Å². The number of carbonyl (C=O) groups excluding carboxylic acids is 1. The molecule has 0 aliphatic heterocycles. The zero-order valence-electron chi connectivity index (χ0n) is 10.6. The number of nitrogens with one attached hydrogen (secondary N) is 1. The van der Waals surface area contributed by atoms with Gasteiger partial charge < -0.3 is 9.84 Å². The van der Waals surface area contributed by atoms with Crippen molar-refractivity contribution in [3.05, 3.63) is 35.9 Å². The van der Waals surface area contributed by atoms with Gasteiger partial charge in [-0.3, -0.25) is 10.1 Å². The minimum Gasteiger partial charge on any atom is -0.465 e. The summed E-state index contributed by atoms with van der Waals surface area (Å²) >= 11 is 0. The number of hydrogen-bond donors (Lipinski definition) is 2. The largest absolute Gasteiger partial charge is 0.465 e. The quantitative estimate of drug-likeness (QED) is 0.736.